The van der Waals surface area contributed by atoms with Crippen molar-refractivity contribution in [2.24, 2.45) is 16.1 Å². The molecule has 0 saturated heterocycles. The lowest BCUT2D eigenvalue weighted by Crippen LogP contribution is -2.58. The molecule has 0 bridgehead atoms. The van der Waals surface area contributed by atoms with Gasteiger partial charge in [0.15, 0.2) is 5.96 Å². The van der Waals surface area contributed by atoms with Crippen molar-refractivity contribution in [3.05, 3.63) is 64.2 Å². The molecular formula is C20H22ClFN4O. The maximum Gasteiger partial charge on any atom is 0.237 e. The topological polar surface area (TPSA) is 71.6 Å². The van der Waals surface area contributed by atoms with Crippen LogP contribution in [0, 0.1) is 11.2 Å². The van der Waals surface area contributed by atoms with E-state index in [4.69, 9.17) is 17.3 Å². The van der Waals surface area contributed by atoms with Gasteiger partial charge in [0, 0.05) is 18.8 Å². The molecule has 7 heteroatoms. The first-order chi connectivity index (χ1) is 12.6. The number of carbonyl (C=O) groups excluding carboxylic acids is 1. The van der Waals surface area contributed by atoms with Crippen LogP contribution in [-0.2, 0) is 16.8 Å². The third-order valence-electron chi connectivity index (χ3n) is 5.49. The first-order valence-corrected chi connectivity index (χ1v) is 8.97. The third-order valence-corrected chi connectivity index (χ3v) is 5.71. The largest absolute Gasteiger partial charge is 0.369 e. The van der Waals surface area contributed by atoms with Crippen LogP contribution in [0.3, 0.4) is 0 Å². The molecular weight excluding hydrogens is 367 g/mol. The van der Waals surface area contributed by atoms with Gasteiger partial charge in [-0.2, -0.15) is 0 Å². The molecule has 0 saturated carbocycles. The quantitative estimate of drug-likeness (QED) is 0.818. The lowest BCUT2D eigenvalue weighted by Gasteiger charge is -2.46. The van der Waals surface area contributed by atoms with Crippen LogP contribution in [0.15, 0.2) is 41.5 Å². The summed E-state index contributed by atoms with van der Waals surface area (Å²) in [6, 6.07) is 8.46. The van der Waals surface area contributed by atoms with E-state index in [-0.39, 0.29) is 11.9 Å². The summed E-state index contributed by atoms with van der Waals surface area (Å²) in [6.45, 7) is 5.27. The van der Waals surface area contributed by atoms with Gasteiger partial charge in [0.2, 0.25) is 5.91 Å². The summed E-state index contributed by atoms with van der Waals surface area (Å²) in [4.78, 5) is 22.7. The number of aliphatic imine (C=N–C) groups is 1. The summed E-state index contributed by atoms with van der Waals surface area (Å²) in [5.41, 5.74) is 6.02. The Hall–Kier alpha value is -2.47. The van der Waals surface area contributed by atoms with Crippen LogP contribution in [0.25, 0.3) is 0 Å². The Balaban J connectivity index is 2.08. The van der Waals surface area contributed by atoms with Crippen molar-refractivity contribution in [2.75, 3.05) is 7.05 Å². The molecule has 1 aliphatic rings. The van der Waals surface area contributed by atoms with Crippen LogP contribution < -0.4 is 5.73 Å². The maximum atomic E-state index is 14.8. The predicted molar refractivity (Wildman–Crippen MR) is 104 cm³/mol. The van der Waals surface area contributed by atoms with E-state index in [1.54, 1.807) is 52.2 Å². The van der Waals surface area contributed by atoms with Gasteiger partial charge in [-0.05, 0) is 50.5 Å². The molecule has 2 aromatic rings. The summed E-state index contributed by atoms with van der Waals surface area (Å²) >= 11 is 5.83. The Morgan fingerprint density at radius 1 is 1.19 bits per heavy atom. The van der Waals surface area contributed by atoms with Crippen molar-refractivity contribution in [3.63, 3.8) is 0 Å². The third kappa shape index (κ3) is 3.18. The van der Waals surface area contributed by atoms with Crippen LogP contribution in [0.4, 0.5) is 4.39 Å². The molecule has 2 heterocycles. The normalized spacial score (nSPS) is 21.9. The van der Waals surface area contributed by atoms with Crippen molar-refractivity contribution in [2.45, 2.75) is 32.7 Å². The molecule has 27 heavy (non-hydrogen) atoms. The lowest BCUT2D eigenvalue weighted by atomic mass is 9.67. The molecule has 0 spiro atoms. The zero-order valence-corrected chi connectivity index (χ0v) is 16.5. The zero-order chi connectivity index (χ0) is 20.0. The minimum atomic E-state index is -1.13. The van der Waals surface area contributed by atoms with Gasteiger partial charge in [-0.1, -0.05) is 29.8 Å². The number of benzene rings is 1. The zero-order valence-electron chi connectivity index (χ0n) is 15.8. The summed E-state index contributed by atoms with van der Waals surface area (Å²) < 4.78 is 14.8. The van der Waals surface area contributed by atoms with Crippen LogP contribution in [0.1, 0.15) is 37.5 Å². The predicted octanol–water partition coefficient (Wildman–Crippen LogP) is 3.49. The van der Waals surface area contributed by atoms with Gasteiger partial charge >= 0.3 is 0 Å². The number of hydrogen-bond donors (Lipinski definition) is 1. The summed E-state index contributed by atoms with van der Waals surface area (Å²) in [6.07, 6.45) is 2.24. The Kier molecular flexibility index (Phi) is 4.72. The molecule has 0 radical (unpaired) electrons. The second-order valence-corrected chi connectivity index (χ2v) is 7.90. The number of nitrogens with two attached hydrogens (primary N) is 1. The second kappa shape index (κ2) is 6.60. The highest BCUT2D eigenvalue weighted by Gasteiger charge is 2.53. The van der Waals surface area contributed by atoms with Crippen LogP contribution in [0.5, 0.6) is 0 Å². The van der Waals surface area contributed by atoms with Crippen molar-refractivity contribution in [1.29, 1.82) is 0 Å². The fourth-order valence-corrected chi connectivity index (χ4v) is 3.49. The van der Waals surface area contributed by atoms with Gasteiger partial charge in [-0.25, -0.2) is 14.4 Å². The lowest BCUT2D eigenvalue weighted by molar-refractivity contribution is -0.140. The molecule has 0 fully saturated rings. The number of hydrogen-bond acceptors (Lipinski definition) is 4. The van der Waals surface area contributed by atoms with Crippen LogP contribution in [-0.4, -0.2) is 28.8 Å². The molecule has 2 N–H and O–H groups in total. The van der Waals surface area contributed by atoms with E-state index in [0.717, 1.165) is 11.1 Å². The highest BCUT2D eigenvalue weighted by molar-refractivity contribution is 6.29. The van der Waals surface area contributed by atoms with Crippen molar-refractivity contribution in [3.8, 4) is 0 Å². The van der Waals surface area contributed by atoms with Gasteiger partial charge in [-0.15, -0.1) is 0 Å². The number of amides is 1. The number of aromatic nitrogens is 1. The molecule has 5 nitrogen and oxygen atoms in total. The van der Waals surface area contributed by atoms with Gasteiger partial charge in [-0.3, -0.25) is 9.69 Å². The van der Waals surface area contributed by atoms with Crippen LogP contribution >= 0.6 is 11.6 Å². The highest BCUT2D eigenvalue weighted by Crippen LogP contribution is 2.47. The molecule has 1 atom stereocenters. The monoisotopic (exact) mass is 388 g/mol. The molecule has 1 aliphatic heterocycles. The Morgan fingerprint density at radius 2 is 1.85 bits per heavy atom. The van der Waals surface area contributed by atoms with E-state index in [9.17, 15) is 9.18 Å². The van der Waals surface area contributed by atoms with E-state index in [2.05, 4.69) is 9.98 Å². The van der Waals surface area contributed by atoms with E-state index in [1.165, 1.54) is 11.0 Å². The van der Waals surface area contributed by atoms with Gasteiger partial charge in [0.1, 0.15) is 16.5 Å². The van der Waals surface area contributed by atoms with Gasteiger partial charge < -0.3 is 5.73 Å². The minimum absolute atomic E-state index is 0.0773. The average Bonchev–Trinajstić information content (AvgIpc) is 2.62. The number of guanidine groups is 1. The fraction of sp³-hybridized carbons (Fsp3) is 0.350. The molecule has 142 valence electrons. The molecule has 0 aliphatic carbocycles. The van der Waals surface area contributed by atoms with Gasteiger partial charge in [0.05, 0.1) is 5.41 Å². The van der Waals surface area contributed by atoms with Crippen LogP contribution in [0.2, 0.25) is 5.15 Å². The smallest absolute Gasteiger partial charge is 0.237 e. The van der Waals surface area contributed by atoms with E-state index < -0.39 is 16.8 Å². The number of rotatable bonds is 3. The van der Waals surface area contributed by atoms with E-state index >= 15 is 0 Å². The molecule has 1 aromatic carbocycles. The SMILES string of the molecule is CN1C(=O)C(C)(C)[C@@](C)(c2cc(Cc3ccc(Cl)nc3)ccc2F)N=C1N. The number of nitrogens with zero attached hydrogens (tertiary/aromatic N) is 3. The van der Waals surface area contributed by atoms with Crippen molar-refractivity contribution in [1.82, 2.24) is 9.88 Å². The van der Waals surface area contributed by atoms with Gasteiger partial charge in [0.25, 0.3) is 0 Å². The number of carbonyl (C=O) groups is 1. The first-order valence-electron chi connectivity index (χ1n) is 8.59. The number of pyridine rings is 1. The maximum absolute atomic E-state index is 14.8. The minimum Gasteiger partial charge on any atom is -0.369 e. The second-order valence-electron chi connectivity index (χ2n) is 7.51. The number of halogens is 2. The Labute approximate surface area is 163 Å². The average molecular weight is 389 g/mol. The summed E-state index contributed by atoms with van der Waals surface area (Å²) in [5.74, 6) is -0.546. The highest BCUT2D eigenvalue weighted by atomic mass is 35.5. The van der Waals surface area contributed by atoms with Crippen molar-refractivity contribution >= 4 is 23.5 Å². The van der Waals surface area contributed by atoms with Crippen molar-refractivity contribution < 1.29 is 9.18 Å². The van der Waals surface area contributed by atoms with E-state index in [1.807, 2.05) is 6.07 Å². The molecule has 1 aromatic heterocycles. The van der Waals surface area contributed by atoms with E-state index in [0.29, 0.717) is 17.1 Å². The molecule has 0 unspecified atom stereocenters. The Morgan fingerprint density at radius 3 is 2.48 bits per heavy atom. The molecule has 3 rings (SSSR count). The Bertz CT molecular complexity index is 926. The summed E-state index contributed by atoms with van der Waals surface area (Å²) in [5, 5.41) is 0.419. The fourth-order valence-electron chi connectivity index (χ4n) is 3.37. The molecule has 1 amide bonds. The summed E-state index contributed by atoms with van der Waals surface area (Å²) in [7, 11) is 1.57. The first kappa shape index (κ1) is 19.3. The standard InChI is InChI=1S/C20H22ClFN4O/c1-19(2)17(27)26(4)18(23)25-20(19,3)14-10-12(5-7-15(14)22)9-13-6-8-16(21)24-11-13/h5-8,10-11H,9H2,1-4H3,(H2,23,25)/t20-/m1/s1.